The second-order valence-corrected chi connectivity index (χ2v) is 7.14. The number of hydrogen-bond donors (Lipinski definition) is 0. The van der Waals surface area contributed by atoms with Crippen molar-refractivity contribution < 1.29 is 19.1 Å². The topological polar surface area (TPSA) is 55.8 Å². The molecule has 0 saturated carbocycles. The minimum absolute atomic E-state index is 0.176. The molecule has 2 atom stereocenters. The van der Waals surface area contributed by atoms with Crippen LogP contribution in [0.5, 0.6) is 0 Å². The number of rotatable bonds is 15. The van der Waals surface area contributed by atoms with Crippen LogP contribution in [0.2, 0.25) is 0 Å². The zero-order chi connectivity index (χ0) is 19.1. The van der Waals surface area contributed by atoms with Crippen molar-refractivity contribution in [2.45, 2.75) is 84.7 Å². The van der Waals surface area contributed by atoms with Crippen LogP contribution < -0.4 is 0 Å². The summed E-state index contributed by atoms with van der Waals surface area (Å²) in [4.78, 5) is 25.5. The lowest BCUT2D eigenvalue weighted by Gasteiger charge is -2.27. The van der Waals surface area contributed by atoms with Crippen LogP contribution in [0.3, 0.4) is 0 Å². The number of carbonyl (C=O) groups excluding carboxylic acids is 2. The molecule has 0 saturated heterocycles. The van der Waals surface area contributed by atoms with E-state index in [1.807, 2.05) is 14.1 Å². The lowest BCUT2D eigenvalue weighted by molar-refractivity contribution is -0.162. The van der Waals surface area contributed by atoms with E-state index >= 15 is 0 Å². The Labute approximate surface area is 154 Å². The van der Waals surface area contributed by atoms with E-state index in [2.05, 4.69) is 18.7 Å². The highest BCUT2D eigenvalue weighted by Crippen LogP contribution is 2.24. The highest BCUT2D eigenvalue weighted by molar-refractivity contribution is 5.69. The van der Waals surface area contributed by atoms with Crippen LogP contribution >= 0.6 is 0 Å². The molecule has 0 spiro atoms. The molecule has 0 aromatic carbocycles. The van der Waals surface area contributed by atoms with Gasteiger partial charge in [0.15, 0.2) is 0 Å². The van der Waals surface area contributed by atoms with Gasteiger partial charge in [-0.1, -0.05) is 46.0 Å². The normalized spacial score (nSPS) is 13.5. The first-order valence-corrected chi connectivity index (χ1v) is 9.88. The fourth-order valence-electron chi connectivity index (χ4n) is 2.87. The first kappa shape index (κ1) is 23.9. The van der Waals surface area contributed by atoms with Gasteiger partial charge in [0.1, 0.15) is 12.7 Å². The molecule has 25 heavy (non-hydrogen) atoms. The quantitative estimate of drug-likeness (QED) is 0.325. The van der Waals surface area contributed by atoms with Crippen molar-refractivity contribution in [2.24, 2.45) is 5.92 Å². The van der Waals surface area contributed by atoms with E-state index in [0.717, 1.165) is 45.1 Å². The smallest absolute Gasteiger partial charge is 0.306 e. The van der Waals surface area contributed by atoms with Crippen molar-refractivity contribution in [3.05, 3.63) is 0 Å². The monoisotopic (exact) mass is 357 g/mol. The summed E-state index contributed by atoms with van der Waals surface area (Å²) in [5.74, 6) is -0.240. The highest BCUT2D eigenvalue weighted by Gasteiger charge is 2.26. The van der Waals surface area contributed by atoms with Crippen LogP contribution in [-0.2, 0) is 19.1 Å². The second-order valence-electron chi connectivity index (χ2n) is 7.14. The lowest BCUT2D eigenvalue weighted by Crippen LogP contribution is -2.32. The fourth-order valence-corrected chi connectivity index (χ4v) is 2.87. The molecular formula is C20H39NO4. The maximum Gasteiger partial charge on any atom is 0.306 e. The van der Waals surface area contributed by atoms with Crippen molar-refractivity contribution in [1.82, 2.24) is 4.90 Å². The Kier molecular flexibility index (Phi) is 14.5. The second kappa shape index (κ2) is 15.2. The Bertz CT molecular complexity index is 358. The molecule has 5 heteroatoms. The first-order valence-electron chi connectivity index (χ1n) is 9.88. The Morgan fingerprint density at radius 3 is 2.16 bits per heavy atom. The van der Waals surface area contributed by atoms with Gasteiger partial charge in [-0.05, 0) is 45.8 Å². The summed E-state index contributed by atoms with van der Waals surface area (Å²) in [5.41, 5.74) is 0. The van der Waals surface area contributed by atoms with Gasteiger partial charge < -0.3 is 14.4 Å². The third kappa shape index (κ3) is 13.8. The van der Waals surface area contributed by atoms with E-state index in [1.54, 1.807) is 0 Å². The highest BCUT2D eigenvalue weighted by atomic mass is 16.6. The zero-order valence-corrected chi connectivity index (χ0v) is 17.0. The Morgan fingerprint density at radius 2 is 1.60 bits per heavy atom. The number of nitrogens with zero attached hydrogens (tertiary/aromatic N) is 1. The van der Waals surface area contributed by atoms with Gasteiger partial charge in [-0.2, -0.15) is 0 Å². The van der Waals surface area contributed by atoms with Gasteiger partial charge in [0.2, 0.25) is 0 Å². The van der Waals surface area contributed by atoms with Crippen LogP contribution in [0.4, 0.5) is 0 Å². The summed E-state index contributed by atoms with van der Waals surface area (Å²) in [7, 11) is 3.98. The van der Waals surface area contributed by atoms with E-state index in [9.17, 15) is 9.59 Å². The molecule has 0 aromatic heterocycles. The van der Waals surface area contributed by atoms with E-state index in [1.165, 1.54) is 19.8 Å². The van der Waals surface area contributed by atoms with E-state index < -0.39 is 0 Å². The van der Waals surface area contributed by atoms with Gasteiger partial charge in [0.25, 0.3) is 0 Å². The molecule has 2 unspecified atom stereocenters. The van der Waals surface area contributed by atoms with Gasteiger partial charge >= 0.3 is 11.9 Å². The van der Waals surface area contributed by atoms with E-state index in [-0.39, 0.29) is 30.6 Å². The predicted octanol–water partition coefficient (Wildman–Crippen LogP) is 4.19. The average Bonchev–Trinajstić information content (AvgIpc) is 2.54. The van der Waals surface area contributed by atoms with Crippen molar-refractivity contribution >= 4 is 11.9 Å². The van der Waals surface area contributed by atoms with Gasteiger partial charge in [0, 0.05) is 13.3 Å². The lowest BCUT2D eigenvalue weighted by atomic mass is 9.90. The summed E-state index contributed by atoms with van der Waals surface area (Å²) in [6.45, 7) is 6.78. The Balaban J connectivity index is 4.73. The molecule has 0 radical (unpaired) electrons. The summed E-state index contributed by atoms with van der Waals surface area (Å²) in [6.07, 6.45) is 8.58. The molecule has 0 N–H and O–H groups in total. The first-order chi connectivity index (χ1) is 11.9. The standard InChI is InChI=1S/C20H39NO4/c1-6-8-10-13-18(12-9-7-2)19(16-24-17(3)22)25-20(23)14-11-15-21(4)5/h18-19H,6-16H2,1-5H3. The number of unbranched alkanes of at least 4 members (excludes halogenated alkanes) is 3. The molecular weight excluding hydrogens is 318 g/mol. The molecule has 0 bridgehead atoms. The maximum atomic E-state index is 12.2. The molecule has 5 nitrogen and oxygen atoms in total. The third-order valence-electron chi connectivity index (χ3n) is 4.35. The average molecular weight is 358 g/mol. The van der Waals surface area contributed by atoms with E-state index in [0.29, 0.717) is 6.42 Å². The van der Waals surface area contributed by atoms with E-state index in [4.69, 9.17) is 9.47 Å². The molecule has 0 aliphatic heterocycles. The van der Waals surface area contributed by atoms with Crippen LogP contribution in [0.15, 0.2) is 0 Å². The Morgan fingerprint density at radius 1 is 0.960 bits per heavy atom. The zero-order valence-electron chi connectivity index (χ0n) is 17.0. The SMILES string of the molecule is CCCCCC(CCCC)C(COC(C)=O)OC(=O)CCCN(C)C. The van der Waals surface area contributed by atoms with Crippen LogP contribution in [0, 0.1) is 5.92 Å². The van der Waals surface area contributed by atoms with Crippen LogP contribution in [0.1, 0.15) is 78.6 Å². The van der Waals surface area contributed by atoms with Crippen molar-refractivity contribution in [1.29, 1.82) is 0 Å². The summed E-state index contributed by atoms with van der Waals surface area (Å²) < 4.78 is 10.9. The Hall–Kier alpha value is -1.10. The molecule has 0 heterocycles. The third-order valence-corrected chi connectivity index (χ3v) is 4.35. The summed E-state index contributed by atoms with van der Waals surface area (Å²) in [5, 5.41) is 0. The molecule has 0 amide bonds. The number of carbonyl (C=O) groups is 2. The molecule has 0 fully saturated rings. The van der Waals surface area contributed by atoms with Gasteiger partial charge in [-0.15, -0.1) is 0 Å². The van der Waals surface area contributed by atoms with Crippen LogP contribution in [0.25, 0.3) is 0 Å². The van der Waals surface area contributed by atoms with Gasteiger partial charge in [-0.3, -0.25) is 9.59 Å². The number of esters is 2. The largest absolute Gasteiger partial charge is 0.462 e. The molecule has 0 aromatic rings. The van der Waals surface area contributed by atoms with Gasteiger partial charge in [-0.25, -0.2) is 0 Å². The molecule has 0 aliphatic carbocycles. The van der Waals surface area contributed by atoms with Crippen molar-refractivity contribution in [3.8, 4) is 0 Å². The van der Waals surface area contributed by atoms with Gasteiger partial charge in [0.05, 0.1) is 0 Å². The fraction of sp³-hybridized carbons (Fsp3) is 0.900. The molecule has 0 rings (SSSR count). The summed E-state index contributed by atoms with van der Waals surface area (Å²) >= 11 is 0. The number of hydrogen-bond acceptors (Lipinski definition) is 5. The minimum atomic E-state index is -0.323. The molecule has 0 aliphatic rings. The van der Waals surface area contributed by atoms with Crippen molar-refractivity contribution in [2.75, 3.05) is 27.2 Å². The molecule has 148 valence electrons. The maximum absolute atomic E-state index is 12.2. The van der Waals surface area contributed by atoms with Crippen LogP contribution in [-0.4, -0.2) is 50.2 Å². The minimum Gasteiger partial charge on any atom is -0.462 e. The predicted molar refractivity (Wildman–Crippen MR) is 101 cm³/mol. The number of ether oxygens (including phenoxy) is 2. The summed E-state index contributed by atoms with van der Waals surface area (Å²) in [6, 6.07) is 0. The van der Waals surface area contributed by atoms with Crippen molar-refractivity contribution in [3.63, 3.8) is 0 Å².